The lowest BCUT2D eigenvalue weighted by Gasteiger charge is -2.35. The smallest absolute Gasteiger partial charge is 0.194 e. The van der Waals surface area contributed by atoms with E-state index in [1.54, 1.807) is 12.1 Å². The van der Waals surface area contributed by atoms with E-state index in [9.17, 15) is 4.39 Å². The van der Waals surface area contributed by atoms with Crippen LogP contribution < -0.4 is 5.32 Å². The second-order valence-corrected chi connectivity index (χ2v) is 7.30. The molecule has 0 radical (unpaired) electrons. The molecule has 2 fully saturated rings. The maximum atomic E-state index is 13.0. The molecule has 2 saturated heterocycles. The van der Waals surface area contributed by atoms with Crippen LogP contribution >= 0.6 is 0 Å². The van der Waals surface area contributed by atoms with Crippen molar-refractivity contribution < 1.29 is 13.9 Å². The van der Waals surface area contributed by atoms with Crippen molar-refractivity contribution in [1.82, 2.24) is 10.2 Å². The molecular weight excluding hydrogens is 345 g/mol. The molecule has 0 spiro atoms. The number of nitrogens with zero attached hydrogens (tertiary/aromatic N) is 2. The lowest BCUT2D eigenvalue weighted by atomic mass is 10.1. The molecule has 2 heterocycles. The second kappa shape index (κ2) is 10.6. The minimum absolute atomic E-state index is 0.213. The highest BCUT2D eigenvalue weighted by molar-refractivity contribution is 5.80. The van der Waals surface area contributed by atoms with E-state index < -0.39 is 0 Å². The predicted octanol–water partition coefficient (Wildman–Crippen LogP) is 3.34. The first-order valence-electron chi connectivity index (χ1n) is 10.3. The van der Waals surface area contributed by atoms with Gasteiger partial charge in [-0.3, -0.25) is 0 Å². The van der Waals surface area contributed by atoms with Crippen molar-refractivity contribution in [1.29, 1.82) is 0 Å². The summed E-state index contributed by atoms with van der Waals surface area (Å²) in [7, 11) is 0. The predicted molar refractivity (Wildman–Crippen MR) is 105 cm³/mol. The molecule has 1 N–H and O–H groups in total. The normalized spacial score (nSPS) is 22.1. The molecule has 1 aromatic carbocycles. The molecule has 0 bridgehead atoms. The number of halogens is 1. The van der Waals surface area contributed by atoms with Crippen molar-refractivity contribution in [3.63, 3.8) is 0 Å². The van der Waals surface area contributed by atoms with Crippen LogP contribution in [0.15, 0.2) is 29.3 Å². The molecular formula is C21H32FN3O2. The number of piperidine rings is 1. The van der Waals surface area contributed by atoms with E-state index in [1.165, 1.54) is 25.0 Å². The van der Waals surface area contributed by atoms with Crippen LogP contribution in [0.25, 0.3) is 0 Å². The summed E-state index contributed by atoms with van der Waals surface area (Å²) in [6.07, 6.45) is 6.17. The van der Waals surface area contributed by atoms with Gasteiger partial charge in [0.25, 0.3) is 0 Å². The third-order valence-electron chi connectivity index (χ3n) is 5.19. The third kappa shape index (κ3) is 6.47. The Kier molecular flexibility index (Phi) is 7.90. The molecule has 0 aliphatic carbocycles. The van der Waals surface area contributed by atoms with Gasteiger partial charge in [0.1, 0.15) is 5.82 Å². The molecule has 2 aliphatic rings. The zero-order chi connectivity index (χ0) is 18.9. The summed E-state index contributed by atoms with van der Waals surface area (Å²) in [6.45, 7) is 6.94. The van der Waals surface area contributed by atoms with Gasteiger partial charge in [0.15, 0.2) is 5.96 Å². The van der Waals surface area contributed by atoms with E-state index in [-0.39, 0.29) is 11.9 Å². The first kappa shape index (κ1) is 20.1. The maximum absolute atomic E-state index is 13.0. The molecule has 5 nitrogen and oxygen atoms in total. The van der Waals surface area contributed by atoms with Crippen molar-refractivity contribution in [3.05, 3.63) is 35.6 Å². The molecule has 0 saturated carbocycles. The summed E-state index contributed by atoms with van der Waals surface area (Å²) in [5.74, 6) is 0.714. The van der Waals surface area contributed by atoms with Gasteiger partial charge in [0.05, 0.1) is 25.4 Å². The maximum Gasteiger partial charge on any atom is 0.194 e. The van der Waals surface area contributed by atoms with Crippen LogP contribution in [0.4, 0.5) is 4.39 Å². The summed E-state index contributed by atoms with van der Waals surface area (Å²) in [4.78, 5) is 7.03. The van der Waals surface area contributed by atoms with E-state index in [0.717, 1.165) is 63.6 Å². The van der Waals surface area contributed by atoms with E-state index in [0.29, 0.717) is 12.6 Å². The Morgan fingerprint density at radius 2 is 2.00 bits per heavy atom. The molecule has 0 aromatic heterocycles. The first-order chi connectivity index (χ1) is 13.2. The second-order valence-electron chi connectivity index (χ2n) is 7.30. The number of likely N-dealkylation sites (tertiary alicyclic amines) is 1. The molecule has 1 atom stereocenters. The van der Waals surface area contributed by atoms with Crippen LogP contribution in [0.3, 0.4) is 0 Å². The number of hydrogen-bond acceptors (Lipinski definition) is 3. The van der Waals surface area contributed by atoms with Gasteiger partial charge in [0, 0.05) is 26.2 Å². The highest BCUT2D eigenvalue weighted by Gasteiger charge is 2.23. The molecule has 27 heavy (non-hydrogen) atoms. The molecule has 1 unspecified atom stereocenters. The minimum Gasteiger partial charge on any atom is -0.376 e. The van der Waals surface area contributed by atoms with Gasteiger partial charge in [-0.1, -0.05) is 12.1 Å². The highest BCUT2D eigenvalue weighted by atomic mass is 19.1. The number of ether oxygens (including phenoxy) is 2. The van der Waals surface area contributed by atoms with Crippen molar-refractivity contribution in [2.24, 2.45) is 4.99 Å². The fourth-order valence-corrected chi connectivity index (χ4v) is 3.60. The van der Waals surface area contributed by atoms with Gasteiger partial charge >= 0.3 is 0 Å². The Labute approximate surface area is 161 Å². The third-order valence-corrected chi connectivity index (χ3v) is 5.19. The number of benzene rings is 1. The van der Waals surface area contributed by atoms with E-state index in [2.05, 4.69) is 17.1 Å². The summed E-state index contributed by atoms with van der Waals surface area (Å²) < 4.78 is 24.9. The van der Waals surface area contributed by atoms with Gasteiger partial charge in [-0.2, -0.15) is 0 Å². The molecule has 0 amide bonds. The standard InChI is InChI=1S/C21H32FN3O2/c1-2-23-21(24-15-17-6-8-18(22)9-7-17)25-12-10-19(11-13-25)27-16-20-5-3-4-14-26-20/h6-9,19-20H,2-5,10-16H2,1H3,(H,23,24). The number of aliphatic imine (C=N–C) groups is 1. The van der Waals surface area contributed by atoms with E-state index in [1.807, 2.05) is 0 Å². The van der Waals surface area contributed by atoms with Gasteiger partial charge in [0.2, 0.25) is 0 Å². The quantitative estimate of drug-likeness (QED) is 0.610. The van der Waals surface area contributed by atoms with Crippen LogP contribution in [0.1, 0.15) is 44.6 Å². The van der Waals surface area contributed by atoms with Gasteiger partial charge < -0.3 is 19.7 Å². The highest BCUT2D eigenvalue weighted by Crippen LogP contribution is 2.18. The van der Waals surface area contributed by atoms with Crippen LogP contribution in [-0.4, -0.2) is 55.9 Å². The largest absolute Gasteiger partial charge is 0.376 e. The topological polar surface area (TPSA) is 46.1 Å². The zero-order valence-electron chi connectivity index (χ0n) is 16.3. The van der Waals surface area contributed by atoms with Crippen LogP contribution in [0, 0.1) is 5.82 Å². The fraction of sp³-hybridized carbons (Fsp3) is 0.667. The van der Waals surface area contributed by atoms with Crippen LogP contribution in [-0.2, 0) is 16.0 Å². The average Bonchev–Trinajstić information content (AvgIpc) is 2.72. The molecule has 1 aromatic rings. The van der Waals surface area contributed by atoms with Gasteiger partial charge in [-0.15, -0.1) is 0 Å². The molecule has 6 heteroatoms. The molecule has 150 valence electrons. The Morgan fingerprint density at radius 3 is 2.67 bits per heavy atom. The zero-order valence-corrected chi connectivity index (χ0v) is 16.3. The van der Waals surface area contributed by atoms with Gasteiger partial charge in [-0.05, 0) is 56.7 Å². The molecule has 3 rings (SSSR count). The van der Waals surface area contributed by atoms with Gasteiger partial charge in [-0.25, -0.2) is 9.38 Å². The SMILES string of the molecule is CCNC(=NCc1ccc(F)cc1)N1CCC(OCC2CCCCO2)CC1. The molecule has 2 aliphatic heterocycles. The number of rotatable bonds is 6. The van der Waals surface area contributed by atoms with Crippen LogP contribution in [0.5, 0.6) is 0 Å². The Morgan fingerprint density at radius 1 is 1.22 bits per heavy atom. The van der Waals surface area contributed by atoms with E-state index >= 15 is 0 Å². The lowest BCUT2D eigenvalue weighted by Crippen LogP contribution is -2.47. The lowest BCUT2D eigenvalue weighted by molar-refractivity contribution is -0.0721. The van der Waals surface area contributed by atoms with Crippen molar-refractivity contribution in [3.8, 4) is 0 Å². The summed E-state index contributed by atoms with van der Waals surface area (Å²) in [5.41, 5.74) is 1.01. The van der Waals surface area contributed by atoms with Crippen molar-refractivity contribution in [2.45, 2.75) is 57.8 Å². The summed E-state index contributed by atoms with van der Waals surface area (Å²) in [6, 6.07) is 6.54. The first-order valence-corrected chi connectivity index (χ1v) is 10.3. The minimum atomic E-state index is -0.213. The Hall–Kier alpha value is -1.66. The average molecular weight is 378 g/mol. The van der Waals surface area contributed by atoms with Crippen molar-refractivity contribution in [2.75, 3.05) is 32.8 Å². The van der Waals surface area contributed by atoms with Crippen molar-refractivity contribution >= 4 is 5.96 Å². The Balaban J connectivity index is 1.46. The fourth-order valence-electron chi connectivity index (χ4n) is 3.60. The van der Waals surface area contributed by atoms with Crippen LogP contribution in [0.2, 0.25) is 0 Å². The Bertz CT molecular complexity index is 580. The monoisotopic (exact) mass is 377 g/mol. The number of guanidine groups is 1. The number of nitrogens with one attached hydrogen (secondary N) is 1. The summed E-state index contributed by atoms with van der Waals surface area (Å²) in [5, 5.41) is 3.37. The van der Waals surface area contributed by atoms with E-state index in [4.69, 9.17) is 14.5 Å². The summed E-state index contributed by atoms with van der Waals surface area (Å²) >= 11 is 0. The number of hydrogen-bond donors (Lipinski definition) is 1.